The van der Waals surface area contributed by atoms with Gasteiger partial charge in [-0.05, 0) is 24.3 Å². The molecule has 2 aromatic carbocycles. The zero-order valence-corrected chi connectivity index (χ0v) is 12.1. The van der Waals surface area contributed by atoms with Gasteiger partial charge in [0.15, 0.2) is 0 Å². The molecule has 5 heteroatoms. The molecule has 2 N–H and O–H groups in total. The van der Waals surface area contributed by atoms with Crippen LogP contribution in [0.4, 0.5) is 0 Å². The van der Waals surface area contributed by atoms with Crippen LogP contribution in [0.25, 0.3) is 11.0 Å². The van der Waals surface area contributed by atoms with Crippen molar-refractivity contribution in [2.24, 2.45) is 0 Å². The molecule has 3 rings (SSSR count). The van der Waals surface area contributed by atoms with Crippen LogP contribution >= 0.6 is 0 Å². The number of benzene rings is 2. The first-order valence-corrected chi connectivity index (χ1v) is 7.19. The van der Waals surface area contributed by atoms with E-state index in [9.17, 15) is 4.79 Å². The molecule has 0 spiro atoms. The summed E-state index contributed by atoms with van der Waals surface area (Å²) < 4.78 is 5.49. The van der Waals surface area contributed by atoms with Gasteiger partial charge in [0.1, 0.15) is 11.6 Å². The molecular weight excluding hydrogens is 278 g/mol. The minimum absolute atomic E-state index is 0.0589. The molecule has 0 saturated carbocycles. The number of carbonyl (C=O) groups is 1. The summed E-state index contributed by atoms with van der Waals surface area (Å²) in [5.41, 5.74) is 1.87. The topological polar surface area (TPSA) is 67.0 Å². The van der Waals surface area contributed by atoms with E-state index in [0.29, 0.717) is 19.6 Å². The summed E-state index contributed by atoms with van der Waals surface area (Å²) in [5, 5.41) is 2.83. The molecule has 0 saturated heterocycles. The Balaban J connectivity index is 1.44. The molecule has 0 aliphatic heterocycles. The first-order valence-electron chi connectivity index (χ1n) is 7.19. The number of nitrogens with one attached hydrogen (secondary N) is 2. The first kappa shape index (κ1) is 14.1. The number of H-pyrrole nitrogens is 1. The monoisotopic (exact) mass is 295 g/mol. The highest BCUT2D eigenvalue weighted by Crippen LogP contribution is 2.10. The molecule has 1 amide bonds. The predicted molar refractivity (Wildman–Crippen MR) is 84.5 cm³/mol. The number of para-hydroxylation sites is 3. The van der Waals surface area contributed by atoms with E-state index in [4.69, 9.17) is 4.74 Å². The summed E-state index contributed by atoms with van der Waals surface area (Å²) in [6.45, 7) is 0.745. The normalized spacial score (nSPS) is 10.5. The second kappa shape index (κ2) is 6.76. The molecule has 5 nitrogen and oxygen atoms in total. The van der Waals surface area contributed by atoms with Crippen molar-refractivity contribution in [3.05, 3.63) is 60.4 Å². The summed E-state index contributed by atoms with van der Waals surface area (Å²) in [5.74, 6) is 1.46. The van der Waals surface area contributed by atoms with Gasteiger partial charge in [0.05, 0.1) is 30.6 Å². The van der Waals surface area contributed by atoms with Gasteiger partial charge in [-0.25, -0.2) is 4.98 Å². The Morgan fingerprint density at radius 1 is 1.09 bits per heavy atom. The van der Waals surface area contributed by atoms with Crippen molar-refractivity contribution in [3.8, 4) is 5.75 Å². The lowest BCUT2D eigenvalue weighted by atomic mass is 10.3. The zero-order chi connectivity index (χ0) is 15.2. The van der Waals surface area contributed by atoms with Crippen LogP contribution in [0.5, 0.6) is 5.75 Å². The van der Waals surface area contributed by atoms with Gasteiger partial charge in [-0.3, -0.25) is 4.79 Å². The molecule has 0 aliphatic carbocycles. The number of aromatic nitrogens is 2. The number of hydrogen-bond acceptors (Lipinski definition) is 3. The molecular formula is C17H17N3O2. The highest BCUT2D eigenvalue weighted by molar-refractivity contribution is 5.77. The zero-order valence-electron chi connectivity index (χ0n) is 12.1. The van der Waals surface area contributed by atoms with E-state index in [1.807, 2.05) is 54.6 Å². The fourth-order valence-corrected chi connectivity index (χ4v) is 2.14. The summed E-state index contributed by atoms with van der Waals surface area (Å²) >= 11 is 0. The van der Waals surface area contributed by atoms with Crippen LogP contribution in [-0.4, -0.2) is 22.5 Å². The number of hydrogen-bond donors (Lipinski definition) is 2. The molecule has 0 fully saturated rings. The number of rotatable bonds is 6. The van der Waals surface area contributed by atoms with Crippen LogP contribution < -0.4 is 10.1 Å². The molecule has 0 radical (unpaired) electrons. The molecule has 22 heavy (non-hydrogen) atoms. The van der Waals surface area contributed by atoms with Crippen molar-refractivity contribution in [1.29, 1.82) is 0 Å². The minimum atomic E-state index is -0.0589. The van der Waals surface area contributed by atoms with Crippen LogP contribution in [0.2, 0.25) is 0 Å². The largest absolute Gasteiger partial charge is 0.493 e. The molecule has 1 aromatic heterocycles. The number of fused-ring (bicyclic) bond motifs is 1. The average molecular weight is 295 g/mol. The number of ether oxygens (including phenoxy) is 1. The lowest BCUT2D eigenvalue weighted by Gasteiger charge is -2.06. The maximum absolute atomic E-state index is 11.8. The van der Waals surface area contributed by atoms with Gasteiger partial charge in [-0.15, -0.1) is 0 Å². The van der Waals surface area contributed by atoms with Crippen molar-refractivity contribution in [2.45, 2.75) is 13.0 Å². The number of amides is 1. The third kappa shape index (κ3) is 3.63. The molecule has 112 valence electrons. The number of imidazole rings is 1. The van der Waals surface area contributed by atoms with Gasteiger partial charge in [0, 0.05) is 0 Å². The van der Waals surface area contributed by atoms with Crippen LogP contribution in [-0.2, 0) is 11.3 Å². The Morgan fingerprint density at radius 3 is 2.68 bits per heavy atom. The number of aromatic amines is 1. The van der Waals surface area contributed by atoms with Gasteiger partial charge in [0.25, 0.3) is 0 Å². The minimum Gasteiger partial charge on any atom is -0.493 e. The second-order valence-corrected chi connectivity index (χ2v) is 4.89. The molecule has 0 atom stereocenters. The standard InChI is InChI=1S/C17H17N3O2/c21-17(10-11-22-13-6-2-1-3-7-13)18-12-16-19-14-8-4-5-9-15(14)20-16/h1-9H,10-12H2,(H,18,21)(H,19,20). The lowest BCUT2D eigenvalue weighted by Crippen LogP contribution is -2.24. The van der Waals surface area contributed by atoms with E-state index >= 15 is 0 Å². The molecule has 3 aromatic rings. The second-order valence-electron chi connectivity index (χ2n) is 4.89. The van der Waals surface area contributed by atoms with E-state index in [2.05, 4.69) is 15.3 Å². The van der Waals surface area contributed by atoms with E-state index < -0.39 is 0 Å². The fourth-order valence-electron chi connectivity index (χ4n) is 2.14. The van der Waals surface area contributed by atoms with Gasteiger partial charge in [-0.1, -0.05) is 30.3 Å². The van der Waals surface area contributed by atoms with Crippen LogP contribution in [0.15, 0.2) is 54.6 Å². The Labute approximate surface area is 128 Å². The summed E-state index contributed by atoms with van der Waals surface area (Å²) in [6.07, 6.45) is 0.315. The molecule has 0 aliphatic rings. The van der Waals surface area contributed by atoms with E-state index in [1.54, 1.807) is 0 Å². The predicted octanol–water partition coefficient (Wildman–Crippen LogP) is 2.65. The van der Waals surface area contributed by atoms with Crippen molar-refractivity contribution in [1.82, 2.24) is 15.3 Å². The molecule has 0 unspecified atom stereocenters. The Hall–Kier alpha value is -2.82. The van der Waals surface area contributed by atoms with Crippen molar-refractivity contribution in [3.63, 3.8) is 0 Å². The van der Waals surface area contributed by atoms with E-state index in [1.165, 1.54) is 0 Å². The highest BCUT2D eigenvalue weighted by Gasteiger charge is 2.05. The van der Waals surface area contributed by atoms with Crippen LogP contribution in [0.1, 0.15) is 12.2 Å². The third-order valence-electron chi connectivity index (χ3n) is 3.23. The van der Waals surface area contributed by atoms with Crippen LogP contribution in [0, 0.1) is 0 Å². The number of nitrogens with zero attached hydrogens (tertiary/aromatic N) is 1. The average Bonchev–Trinajstić information content (AvgIpc) is 2.97. The van der Waals surface area contributed by atoms with Crippen molar-refractivity contribution >= 4 is 16.9 Å². The maximum Gasteiger partial charge on any atom is 0.223 e. The Bertz CT molecular complexity index is 720. The van der Waals surface area contributed by atoms with Crippen LogP contribution in [0.3, 0.4) is 0 Å². The van der Waals surface area contributed by atoms with Crippen molar-refractivity contribution < 1.29 is 9.53 Å². The van der Waals surface area contributed by atoms with Gasteiger partial charge >= 0.3 is 0 Å². The SMILES string of the molecule is O=C(CCOc1ccccc1)NCc1nc2ccccc2[nH]1. The molecule has 1 heterocycles. The summed E-state index contributed by atoms with van der Waals surface area (Å²) in [6, 6.07) is 17.2. The highest BCUT2D eigenvalue weighted by atomic mass is 16.5. The van der Waals surface area contributed by atoms with Gasteiger partial charge < -0.3 is 15.0 Å². The number of carbonyl (C=O) groups excluding carboxylic acids is 1. The van der Waals surface area contributed by atoms with E-state index in [0.717, 1.165) is 22.6 Å². The fraction of sp³-hybridized carbons (Fsp3) is 0.176. The summed E-state index contributed by atoms with van der Waals surface area (Å²) in [7, 11) is 0. The lowest BCUT2D eigenvalue weighted by molar-refractivity contribution is -0.121. The van der Waals surface area contributed by atoms with E-state index in [-0.39, 0.29) is 5.91 Å². The first-order chi connectivity index (χ1) is 10.8. The Morgan fingerprint density at radius 2 is 1.86 bits per heavy atom. The third-order valence-corrected chi connectivity index (χ3v) is 3.23. The van der Waals surface area contributed by atoms with Crippen molar-refractivity contribution in [2.75, 3.05) is 6.61 Å². The summed E-state index contributed by atoms with van der Waals surface area (Å²) in [4.78, 5) is 19.4. The van der Waals surface area contributed by atoms with Gasteiger partial charge in [-0.2, -0.15) is 0 Å². The Kier molecular flexibility index (Phi) is 4.34. The molecule has 0 bridgehead atoms. The smallest absolute Gasteiger partial charge is 0.223 e. The van der Waals surface area contributed by atoms with Gasteiger partial charge in [0.2, 0.25) is 5.91 Å². The maximum atomic E-state index is 11.8. The quantitative estimate of drug-likeness (QED) is 0.734.